The summed E-state index contributed by atoms with van der Waals surface area (Å²) in [6, 6.07) is 16.3. The predicted molar refractivity (Wildman–Crippen MR) is 177 cm³/mol. The van der Waals surface area contributed by atoms with E-state index in [0.29, 0.717) is 38.9 Å². The molecule has 0 bridgehead atoms. The lowest BCUT2D eigenvalue weighted by Gasteiger charge is -2.29. The molecule has 2 aliphatic rings. The Bertz CT molecular complexity index is 1630. The van der Waals surface area contributed by atoms with E-state index in [9.17, 15) is 14.4 Å². The molecule has 42 heavy (non-hydrogen) atoms. The summed E-state index contributed by atoms with van der Waals surface area (Å²) in [5.74, 6) is 1.09. The van der Waals surface area contributed by atoms with Gasteiger partial charge in [-0.1, -0.05) is 25.1 Å². The molecular formula is C30H33N5O4S3. The SMILES string of the molecule is CCC(=O)N[C@H]1CCC[C@@H]1NC(=O)c1sc2nccc3c2c1NC(=O)N3c1ccc(Oc2ccccc2)cc1C.S.S. The monoisotopic (exact) mass is 623 g/mol. The summed E-state index contributed by atoms with van der Waals surface area (Å²) in [6.45, 7) is 3.74. The van der Waals surface area contributed by atoms with Gasteiger partial charge in [-0.2, -0.15) is 27.0 Å². The van der Waals surface area contributed by atoms with Crippen LogP contribution in [-0.2, 0) is 4.79 Å². The molecule has 1 saturated carbocycles. The predicted octanol–water partition coefficient (Wildman–Crippen LogP) is 6.48. The molecule has 0 spiro atoms. The highest BCUT2D eigenvalue weighted by Crippen LogP contribution is 2.46. The van der Waals surface area contributed by atoms with E-state index < -0.39 is 0 Å². The molecular weight excluding hydrogens is 591 g/mol. The molecule has 2 aromatic heterocycles. The van der Waals surface area contributed by atoms with Crippen molar-refractivity contribution in [1.29, 1.82) is 0 Å². The Hall–Kier alpha value is -3.74. The number of amides is 4. The second kappa shape index (κ2) is 13.1. The van der Waals surface area contributed by atoms with Crippen LogP contribution in [0.2, 0.25) is 0 Å². The van der Waals surface area contributed by atoms with Gasteiger partial charge in [-0.05, 0) is 68.1 Å². The molecule has 2 aromatic carbocycles. The van der Waals surface area contributed by atoms with Crippen LogP contribution < -0.4 is 25.6 Å². The lowest BCUT2D eigenvalue weighted by atomic mass is 10.1. The number of pyridine rings is 1. The van der Waals surface area contributed by atoms with Crippen LogP contribution >= 0.6 is 38.3 Å². The van der Waals surface area contributed by atoms with Gasteiger partial charge < -0.3 is 20.7 Å². The first kappa shape index (κ1) is 31.2. The van der Waals surface area contributed by atoms with Crippen molar-refractivity contribution in [2.45, 2.75) is 51.6 Å². The van der Waals surface area contributed by atoms with Crippen molar-refractivity contribution in [3.63, 3.8) is 0 Å². The van der Waals surface area contributed by atoms with Gasteiger partial charge in [-0.25, -0.2) is 9.78 Å². The van der Waals surface area contributed by atoms with Crippen molar-refractivity contribution >= 4 is 83.5 Å². The largest absolute Gasteiger partial charge is 0.457 e. The Kier molecular flexibility index (Phi) is 9.70. The van der Waals surface area contributed by atoms with Crippen LogP contribution in [0.1, 0.15) is 47.8 Å². The lowest BCUT2D eigenvalue weighted by Crippen LogP contribution is -2.48. The van der Waals surface area contributed by atoms with Crippen molar-refractivity contribution in [3.05, 3.63) is 71.2 Å². The summed E-state index contributed by atoms with van der Waals surface area (Å²) in [4.78, 5) is 46.1. The Morgan fingerprint density at radius 2 is 1.76 bits per heavy atom. The van der Waals surface area contributed by atoms with E-state index in [0.717, 1.165) is 36.0 Å². The van der Waals surface area contributed by atoms with E-state index >= 15 is 0 Å². The first-order valence-corrected chi connectivity index (χ1v) is 14.2. The van der Waals surface area contributed by atoms with Crippen LogP contribution in [0.5, 0.6) is 11.5 Å². The molecule has 4 amide bonds. The lowest BCUT2D eigenvalue weighted by molar-refractivity contribution is -0.121. The maximum atomic E-state index is 13.5. The van der Waals surface area contributed by atoms with E-state index in [1.54, 1.807) is 17.2 Å². The molecule has 6 rings (SSSR count). The quantitative estimate of drug-likeness (QED) is 0.218. The van der Waals surface area contributed by atoms with Crippen molar-refractivity contribution in [2.24, 2.45) is 0 Å². The standard InChI is InChI=1S/C30H29N5O4S.2H2S/c1-3-24(36)32-20-10-7-11-21(20)33-28(37)27-26-25-23(14-15-31-29(25)40-27)35(30(38)34-26)22-13-12-19(16-17(22)2)39-18-8-5-4-6-9-18;;/h4-6,8-9,12-16,20-21H,3,7,10-11H2,1-2H3,(H,32,36)(H,33,37)(H,34,38);2*1H2/t20-,21-;;/m0../s1. The van der Waals surface area contributed by atoms with E-state index in [4.69, 9.17) is 4.74 Å². The average molecular weight is 624 g/mol. The van der Waals surface area contributed by atoms with Gasteiger partial charge in [0.25, 0.3) is 5.91 Å². The molecule has 0 radical (unpaired) electrons. The minimum Gasteiger partial charge on any atom is -0.457 e. The number of benzene rings is 2. The zero-order valence-electron chi connectivity index (χ0n) is 23.2. The number of urea groups is 1. The van der Waals surface area contributed by atoms with E-state index in [1.165, 1.54) is 11.3 Å². The molecule has 4 aromatic rings. The second-order valence-corrected chi connectivity index (χ2v) is 11.0. The molecule has 3 heterocycles. The number of nitrogens with zero attached hydrogens (tertiary/aromatic N) is 2. The zero-order chi connectivity index (χ0) is 27.8. The Morgan fingerprint density at radius 3 is 2.48 bits per heavy atom. The van der Waals surface area contributed by atoms with Gasteiger partial charge in [0.2, 0.25) is 5.91 Å². The number of aryl methyl sites for hydroxylation is 1. The maximum absolute atomic E-state index is 13.5. The Labute approximate surface area is 261 Å². The molecule has 0 saturated heterocycles. The summed E-state index contributed by atoms with van der Waals surface area (Å²) in [5, 5.41) is 9.80. The fourth-order valence-corrected chi connectivity index (χ4v) is 6.42. The van der Waals surface area contributed by atoms with Crippen LogP contribution in [-0.4, -0.2) is 34.9 Å². The Morgan fingerprint density at radius 1 is 1.02 bits per heavy atom. The van der Waals surface area contributed by atoms with Gasteiger partial charge in [0.15, 0.2) is 0 Å². The third kappa shape index (κ3) is 5.92. The summed E-state index contributed by atoms with van der Waals surface area (Å²) >= 11 is 1.25. The van der Waals surface area contributed by atoms with E-state index in [-0.39, 0.29) is 56.9 Å². The highest BCUT2D eigenvalue weighted by Gasteiger charge is 2.35. The number of carbonyl (C=O) groups is 3. The number of rotatable bonds is 7. The third-order valence-electron chi connectivity index (χ3n) is 7.34. The van der Waals surface area contributed by atoms with Crippen molar-refractivity contribution in [2.75, 3.05) is 10.2 Å². The molecule has 9 nitrogen and oxygen atoms in total. The number of anilines is 3. The topological polar surface area (TPSA) is 113 Å². The average Bonchev–Trinajstić information content (AvgIpc) is 3.55. The van der Waals surface area contributed by atoms with E-state index in [2.05, 4.69) is 20.9 Å². The smallest absolute Gasteiger partial charge is 0.331 e. The van der Waals surface area contributed by atoms with Crippen LogP contribution in [0.25, 0.3) is 10.2 Å². The summed E-state index contributed by atoms with van der Waals surface area (Å²) in [6.07, 6.45) is 4.58. The van der Waals surface area contributed by atoms with Crippen LogP contribution in [0.4, 0.5) is 21.9 Å². The molecule has 1 aliphatic heterocycles. The van der Waals surface area contributed by atoms with Gasteiger partial charge in [-0.3, -0.25) is 14.5 Å². The van der Waals surface area contributed by atoms with Crippen molar-refractivity contribution in [3.8, 4) is 11.5 Å². The molecule has 12 heteroatoms. The van der Waals surface area contributed by atoms with Crippen molar-refractivity contribution < 1.29 is 19.1 Å². The maximum Gasteiger partial charge on any atom is 0.331 e. The number of thiophene rings is 1. The highest BCUT2D eigenvalue weighted by molar-refractivity contribution is 7.59. The van der Waals surface area contributed by atoms with Crippen LogP contribution in [0.3, 0.4) is 0 Å². The minimum atomic E-state index is -0.360. The van der Waals surface area contributed by atoms with Gasteiger partial charge >= 0.3 is 6.03 Å². The molecule has 3 N–H and O–H groups in total. The zero-order valence-corrected chi connectivity index (χ0v) is 26.0. The van der Waals surface area contributed by atoms with Gasteiger partial charge in [0.1, 0.15) is 21.2 Å². The fourth-order valence-electron chi connectivity index (χ4n) is 5.40. The molecule has 2 atom stereocenters. The van der Waals surface area contributed by atoms with Crippen molar-refractivity contribution in [1.82, 2.24) is 15.6 Å². The van der Waals surface area contributed by atoms with Gasteiger partial charge in [0.05, 0.1) is 22.4 Å². The minimum absolute atomic E-state index is 0. The highest BCUT2D eigenvalue weighted by atomic mass is 32.1. The summed E-state index contributed by atoms with van der Waals surface area (Å²) in [7, 11) is 0. The number of hydrogen-bond acceptors (Lipinski definition) is 6. The molecule has 1 fully saturated rings. The first-order valence-electron chi connectivity index (χ1n) is 13.4. The summed E-state index contributed by atoms with van der Waals surface area (Å²) < 4.78 is 5.97. The number of aromatic nitrogens is 1. The molecule has 220 valence electrons. The number of hydrogen-bond donors (Lipinski definition) is 3. The number of carbonyl (C=O) groups excluding carboxylic acids is 3. The van der Waals surface area contributed by atoms with Crippen LogP contribution in [0, 0.1) is 6.92 Å². The van der Waals surface area contributed by atoms with Gasteiger partial charge in [0, 0.05) is 24.7 Å². The normalized spacial score (nSPS) is 17.1. The number of para-hydroxylation sites is 1. The molecule has 1 aliphatic carbocycles. The second-order valence-electron chi connectivity index (χ2n) is 9.98. The number of ether oxygens (including phenoxy) is 1. The molecule has 0 unspecified atom stereocenters. The summed E-state index contributed by atoms with van der Waals surface area (Å²) in [5.41, 5.74) is 2.68. The van der Waals surface area contributed by atoms with Gasteiger partial charge in [-0.15, -0.1) is 11.3 Å². The third-order valence-corrected chi connectivity index (χ3v) is 8.44. The van der Waals surface area contributed by atoms with Crippen LogP contribution in [0.15, 0.2) is 60.8 Å². The van der Waals surface area contributed by atoms with E-state index in [1.807, 2.05) is 62.4 Å². The first-order chi connectivity index (χ1) is 19.4. The number of nitrogens with one attached hydrogen (secondary N) is 3. The Balaban J connectivity index is 0.00000202. The fraction of sp³-hybridized carbons (Fsp3) is 0.267.